The van der Waals surface area contributed by atoms with Gasteiger partial charge in [-0.1, -0.05) is 23.7 Å². The molecule has 1 unspecified atom stereocenters. The summed E-state index contributed by atoms with van der Waals surface area (Å²) in [6.07, 6.45) is 0.859. The van der Waals surface area contributed by atoms with Gasteiger partial charge in [0.15, 0.2) is 0 Å². The summed E-state index contributed by atoms with van der Waals surface area (Å²) in [5.41, 5.74) is 1.03. The number of ether oxygens (including phenoxy) is 1. The highest BCUT2D eigenvalue weighted by molar-refractivity contribution is 6.30. The molecule has 106 valence electrons. The van der Waals surface area contributed by atoms with Crippen molar-refractivity contribution >= 4 is 11.6 Å². The van der Waals surface area contributed by atoms with Crippen LogP contribution in [0.1, 0.15) is 18.4 Å². The molecule has 0 heterocycles. The minimum atomic E-state index is -0.523. The molecule has 1 aliphatic rings. The van der Waals surface area contributed by atoms with Crippen molar-refractivity contribution in [2.24, 2.45) is 0 Å². The van der Waals surface area contributed by atoms with E-state index in [1.165, 1.54) is 0 Å². The van der Waals surface area contributed by atoms with Crippen LogP contribution in [0.3, 0.4) is 0 Å². The van der Waals surface area contributed by atoms with Crippen LogP contribution in [-0.2, 0) is 11.3 Å². The van der Waals surface area contributed by atoms with E-state index < -0.39 is 6.10 Å². The summed E-state index contributed by atoms with van der Waals surface area (Å²) in [5.74, 6) is 0. The highest BCUT2D eigenvalue weighted by atomic mass is 35.5. The molecule has 1 aliphatic carbocycles. The fourth-order valence-electron chi connectivity index (χ4n) is 2.01. The molecule has 0 bridgehead atoms. The molecular formula is C14H20ClNO3. The fourth-order valence-corrected chi connectivity index (χ4v) is 2.14. The molecule has 0 aromatic heterocycles. The Balaban J connectivity index is 1.56. The predicted octanol–water partition coefficient (Wildman–Crippen LogP) is 1.33. The van der Waals surface area contributed by atoms with Crippen molar-refractivity contribution in [1.29, 1.82) is 0 Å². The van der Waals surface area contributed by atoms with Crippen molar-refractivity contribution in [3.05, 3.63) is 34.9 Å². The van der Waals surface area contributed by atoms with E-state index in [9.17, 15) is 5.11 Å². The zero-order chi connectivity index (χ0) is 13.7. The molecule has 1 saturated carbocycles. The molecule has 0 radical (unpaired) electrons. The number of rotatable bonds is 7. The number of hydrogen-bond donors (Lipinski definition) is 3. The van der Waals surface area contributed by atoms with Crippen LogP contribution in [0.4, 0.5) is 0 Å². The van der Waals surface area contributed by atoms with Gasteiger partial charge in [0.2, 0.25) is 0 Å². The van der Waals surface area contributed by atoms with Crippen LogP contribution < -0.4 is 5.32 Å². The van der Waals surface area contributed by atoms with Crippen molar-refractivity contribution in [2.75, 3.05) is 13.2 Å². The maximum atomic E-state index is 9.73. The Morgan fingerprint density at radius 3 is 2.63 bits per heavy atom. The number of hydrogen-bond acceptors (Lipinski definition) is 4. The summed E-state index contributed by atoms with van der Waals surface area (Å²) in [6.45, 7) is 1.26. The molecule has 2 rings (SSSR count). The third-order valence-corrected chi connectivity index (χ3v) is 3.50. The smallest absolute Gasteiger partial charge is 0.0897 e. The highest BCUT2D eigenvalue weighted by Crippen LogP contribution is 2.19. The van der Waals surface area contributed by atoms with Crippen molar-refractivity contribution in [3.63, 3.8) is 0 Å². The monoisotopic (exact) mass is 285 g/mol. The number of halogens is 1. The van der Waals surface area contributed by atoms with Gasteiger partial charge in [-0.25, -0.2) is 0 Å². The van der Waals surface area contributed by atoms with Crippen LogP contribution in [0.15, 0.2) is 24.3 Å². The Kier molecular flexibility index (Phi) is 5.60. The first-order valence-corrected chi connectivity index (χ1v) is 6.93. The topological polar surface area (TPSA) is 61.7 Å². The first kappa shape index (κ1) is 14.8. The Hall–Kier alpha value is -0.650. The molecular weight excluding hydrogens is 266 g/mol. The van der Waals surface area contributed by atoms with Crippen LogP contribution in [0.2, 0.25) is 5.02 Å². The van der Waals surface area contributed by atoms with Crippen molar-refractivity contribution < 1.29 is 14.9 Å². The first-order valence-electron chi connectivity index (χ1n) is 6.55. The van der Waals surface area contributed by atoms with Crippen LogP contribution >= 0.6 is 11.6 Å². The van der Waals surface area contributed by atoms with Gasteiger partial charge in [0.1, 0.15) is 0 Å². The van der Waals surface area contributed by atoms with Crippen molar-refractivity contribution in [3.8, 4) is 0 Å². The van der Waals surface area contributed by atoms with Crippen LogP contribution in [0.5, 0.6) is 0 Å². The van der Waals surface area contributed by atoms with Gasteiger partial charge in [0.25, 0.3) is 0 Å². The van der Waals surface area contributed by atoms with Gasteiger partial charge >= 0.3 is 0 Å². The number of benzene rings is 1. The Labute approximate surface area is 118 Å². The lowest BCUT2D eigenvalue weighted by Gasteiger charge is -2.32. The molecule has 0 spiro atoms. The van der Waals surface area contributed by atoms with Gasteiger partial charge in [-0.3, -0.25) is 0 Å². The van der Waals surface area contributed by atoms with Gasteiger partial charge in [-0.05, 0) is 30.5 Å². The summed E-state index contributed by atoms with van der Waals surface area (Å²) < 4.78 is 5.44. The first-order chi connectivity index (χ1) is 9.13. The van der Waals surface area contributed by atoms with E-state index in [1.807, 2.05) is 24.3 Å². The average molecular weight is 286 g/mol. The molecule has 1 fully saturated rings. The third-order valence-electron chi connectivity index (χ3n) is 3.25. The number of aliphatic hydroxyl groups excluding tert-OH is 2. The molecule has 0 saturated heterocycles. The number of aliphatic hydroxyl groups is 2. The van der Waals surface area contributed by atoms with Gasteiger partial charge < -0.3 is 20.3 Å². The van der Waals surface area contributed by atoms with E-state index in [4.69, 9.17) is 21.4 Å². The SMILES string of the molecule is OC(CNC1CC(O)C1)COCc1ccc(Cl)cc1. The van der Waals surface area contributed by atoms with Crippen molar-refractivity contribution in [2.45, 2.75) is 37.7 Å². The molecule has 4 nitrogen and oxygen atoms in total. The minimum Gasteiger partial charge on any atom is -0.393 e. The molecule has 3 N–H and O–H groups in total. The molecule has 0 aliphatic heterocycles. The Bertz CT molecular complexity index is 379. The quantitative estimate of drug-likeness (QED) is 0.707. The molecule has 5 heteroatoms. The highest BCUT2D eigenvalue weighted by Gasteiger charge is 2.26. The lowest BCUT2D eigenvalue weighted by atomic mass is 9.89. The standard InChI is InChI=1S/C14H20ClNO3/c15-11-3-1-10(2-4-11)8-19-9-14(18)7-16-12-5-13(17)6-12/h1-4,12-14,16-18H,5-9H2. The van der Waals surface area contributed by atoms with Crippen molar-refractivity contribution in [1.82, 2.24) is 5.32 Å². The van der Waals surface area contributed by atoms with E-state index in [0.717, 1.165) is 18.4 Å². The van der Waals surface area contributed by atoms with Crippen LogP contribution in [-0.4, -0.2) is 41.6 Å². The summed E-state index contributed by atoms with van der Waals surface area (Å²) >= 11 is 5.79. The Morgan fingerprint density at radius 2 is 2.00 bits per heavy atom. The normalized spacial score (nSPS) is 23.9. The maximum Gasteiger partial charge on any atom is 0.0897 e. The summed E-state index contributed by atoms with van der Waals surface area (Å²) in [7, 11) is 0. The van der Waals surface area contributed by atoms with E-state index in [0.29, 0.717) is 30.8 Å². The lowest BCUT2D eigenvalue weighted by molar-refractivity contribution is 0.0172. The summed E-state index contributed by atoms with van der Waals surface area (Å²) in [5, 5.41) is 22.8. The molecule has 1 aromatic rings. The van der Waals surface area contributed by atoms with E-state index in [2.05, 4.69) is 5.32 Å². The summed E-state index contributed by atoms with van der Waals surface area (Å²) in [4.78, 5) is 0. The van der Waals surface area contributed by atoms with Crippen LogP contribution in [0, 0.1) is 0 Å². The molecule has 1 aromatic carbocycles. The maximum absolute atomic E-state index is 9.73. The average Bonchev–Trinajstić information content (AvgIpc) is 2.36. The molecule has 0 amide bonds. The Morgan fingerprint density at radius 1 is 1.32 bits per heavy atom. The van der Waals surface area contributed by atoms with Gasteiger partial charge in [-0.2, -0.15) is 0 Å². The van der Waals surface area contributed by atoms with E-state index in [1.54, 1.807) is 0 Å². The zero-order valence-electron chi connectivity index (χ0n) is 10.8. The number of nitrogens with one attached hydrogen (secondary N) is 1. The van der Waals surface area contributed by atoms with Gasteiger partial charge in [-0.15, -0.1) is 0 Å². The lowest BCUT2D eigenvalue weighted by Crippen LogP contribution is -2.47. The van der Waals surface area contributed by atoms with Gasteiger partial charge in [0, 0.05) is 17.6 Å². The zero-order valence-corrected chi connectivity index (χ0v) is 11.5. The minimum absolute atomic E-state index is 0.171. The second kappa shape index (κ2) is 7.22. The molecule has 1 atom stereocenters. The predicted molar refractivity (Wildman–Crippen MR) is 74.1 cm³/mol. The van der Waals surface area contributed by atoms with Crippen LogP contribution in [0.25, 0.3) is 0 Å². The largest absolute Gasteiger partial charge is 0.393 e. The molecule has 19 heavy (non-hydrogen) atoms. The second-order valence-corrected chi connectivity index (χ2v) is 5.46. The third kappa shape index (κ3) is 5.09. The second-order valence-electron chi connectivity index (χ2n) is 5.03. The fraction of sp³-hybridized carbons (Fsp3) is 0.571. The van der Waals surface area contributed by atoms with E-state index in [-0.39, 0.29) is 6.10 Å². The van der Waals surface area contributed by atoms with E-state index >= 15 is 0 Å². The van der Waals surface area contributed by atoms with Gasteiger partial charge in [0.05, 0.1) is 25.4 Å². The summed E-state index contributed by atoms with van der Waals surface area (Å²) in [6, 6.07) is 7.78.